The predicted molar refractivity (Wildman–Crippen MR) is 82.6 cm³/mol. The first kappa shape index (κ1) is 15.9. The lowest BCUT2D eigenvalue weighted by molar-refractivity contribution is -0.255. The molecule has 1 atom stereocenters. The van der Waals surface area contributed by atoms with E-state index in [0.29, 0.717) is 16.9 Å². The highest BCUT2D eigenvalue weighted by Gasteiger charge is 2.31. The van der Waals surface area contributed by atoms with E-state index in [1.165, 1.54) is 14.2 Å². The molecule has 6 nitrogen and oxygen atoms in total. The molecule has 0 N–H and O–H groups in total. The minimum Gasteiger partial charge on any atom is -0.545 e. The monoisotopic (exact) mass is 327 g/mol. The van der Waals surface area contributed by atoms with Crippen LogP contribution in [0, 0.1) is 0 Å². The molecule has 0 aromatic heterocycles. The summed E-state index contributed by atoms with van der Waals surface area (Å²) >= 11 is 0. The Labute approximate surface area is 138 Å². The third-order valence-electron chi connectivity index (χ3n) is 3.96. The smallest absolute Gasteiger partial charge is 0.170 e. The van der Waals surface area contributed by atoms with Crippen LogP contribution >= 0.6 is 0 Å². The molecule has 0 saturated carbocycles. The second-order valence-corrected chi connectivity index (χ2v) is 5.28. The number of Topliss-reactive ketones (excluding diaryl/α,β-unsaturated/α-hetero) is 1. The molecule has 0 saturated heterocycles. The van der Waals surface area contributed by atoms with Crippen LogP contribution < -0.4 is 19.3 Å². The first-order chi connectivity index (χ1) is 11.6. The van der Waals surface area contributed by atoms with Gasteiger partial charge in [-0.1, -0.05) is 18.2 Å². The normalized spacial score (nSPS) is 16.1. The van der Waals surface area contributed by atoms with Crippen molar-refractivity contribution in [3.8, 4) is 17.2 Å². The predicted octanol–water partition coefficient (Wildman–Crippen LogP) is 1.77. The Bertz CT molecular complexity index is 811. The van der Waals surface area contributed by atoms with Gasteiger partial charge in [0, 0.05) is 5.56 Å². The van der Waals surface area contributed by atoms with Gasteiger partial charge in [0.15, 0.2) is 17.3 Å². The molecule has 2 aromatic rings. The largest absolute Gasteiger partial charge is 0.545 e. The molecule has 1 heterocycles. The molecule has 0 amide bonds. The summed E-state index contributed by atoms with van der Waals surface area (Å²) < 4.78 is 16.1. The van der Waals surface area contributed by atoms with Crippen LogP contribution in [0.25, 0.3) is 0 Å². The maximum atomic E-state index is 12.3. The Balaban J connectivity index is 2.11. The number of ketones is 1. The Morgan fingerprint density at radius 2 is 1.92 bits per heavy atom. The lowest BCUT2D eigenvalue weighted by atomic mass is 9.92. The average molecular weight is 327 g/mol. The number of fused-ring (bicyclic) bond motifs is 1. The van der Waals surface area contributed by atoms with Crippen LogP contribution in [0.2, 0.25) is 0 Å². The van der Waals surface area contributed by atoms with E-state index in [-0.39, 0.29) is 29.3 Å². The minimum absolute atomic E-state index is 0.0345. The van der Waals surface area contributed by atoms with Crippen molar-refractivity contribution in [1.29, 1.82) is 0 Å². The van der Waals surface area contributed by atoms with Gasteiger partial charge in [-0.05, 0) is 18.2 Å². The fourth-order valence-electron chi connectivity index (χ4n) is 2.87. The summed E-state index contributed by atoms with van der Waals surface area (Å²) in [6.07, 6.45) is -0.702. The fourth-order valence-corrected chi connectivity index (χ4v) is 2.87. The number of carboxylic acids is 1. The number of methoxy groups -OCH3 is 2. The SMILES string of the molecule is COc1ccc([C@@H]2CC(=O)c3ccccc3O2)c(C(=O)[O-])c1OC. The van der Waals surface area contributed by atoms with E-state index in [2.05, 4.69) is 0 Å². The second kappa shape index (κ2) is 6.23. The highest BCUT2D eigenvalue weighted by atomic mass is 16.5. The second-order valence-electron chi connectivity index (χ2n) is 5.28. The lowest BCUT2D eigenvalue weighted by Gasteiger charge is -2.28. The van der Waals surface area contributed by atoms with Gasteiger partial charge in [0.25, 0.3) is 0 Å². The van der Waals surface area contributed by atoms with E-state index >= 15 is 0 Å². The molecule has 0 aliphatic carbocycles. The molecule has 1 aliphatic rings. The van der Waals surface area contributed by atoms with Crippen molar-refractivity contribution >= 4 is 11.8 Å². The number of hydrogen-bond donors (Lipinski definition) is 0. The lowest BCUT2D eigenvalue weighted by Crippen LogP contribution is -2.28. The summed E-state index contributed by atoms with van der Waals surface area (Å²) in [5.74, 6) is -0.790. The van der Waals surface area contributed by atoms with Gasteiger partial charge in [0.05, 0.1) is 37.7 Å². The number of carboxylic acid groups (broad SMARTS) is 1. The van der Waals surface area contributed by atoms with Gasteiger partial charge < -0.3 is 24.1 Å². The number of aromatic carboxylic acids is 1. The van der Waals surface area contributed by atoms with Crippen LogP contribution in [0.5, 0.6) is 17.2 Å². The fraction of sp³-hybridized carbons (Fsp3) is 0.222. The molecule has 0 fully saturated rings. The van der Waals surface area contributed by atoms with E-state index in [0.717, 1.165) is 0 Å². The number of carbonyl (C=O) groups is 2. The molecule has 0 unspecified atom stereocenters. The van der Waals surface area contributed by atoms with Crippen LogP contribution in [0.1, 0.15) is 38.8 Å². The molecule has 1 aliphatic heterocycles. The van der Waals surface area contributed by atoms with Crippen molar-refractivity contribution in [3.63, 3.8) is 0 Å². The Kier molecular flexibility index (Phi) is 4.12. The number of carbonyl (C=O) groups excluding carboxylic acids is 2. The number of hydrogen-bond acceptors (Lipinski definition) is 6. The maximum Gasteiger partial charge on any atom is 0.170 e. The Hall–Kier alpha value is -3.02. The molecule has 124 valence electrons. The van der Waals surface area contributed by atoms with Crippen LogP contribution in [-0.4, -0.2) is 26.0 Å². The van der Waals surface area contributed by atoms with E-state index in [4.69, 9.17) is 14.2 Å². The first-order valence-electron chi connectivity index (χ1n) is 7.32. The van der Waals surface area contributed by atoms with Gasteiger partial charge in [-0.15, -0.1) is 0 Å². The van der Waals surface area contributed by atoms with Gasteiger partial charge in [0.1, 0.15) is 11.9 Å². The van der Waals surface area contributed by atoms with E-state index in [9.17, 15) is 14.7 Å². The average Bonchev–Trinajstić information content (AvgIpc) is 2.60. The zero-order valence-corrected chi connectivity index (χ0v) is 13.2. The van der Waals surface area contributed by atoms with Crippen LogP contribution in [0.4, 0.5) is 0 Å². The zero-order chi connectivity index (χ0) is 17.3. The molecule has 0 spiro atoms. The van der Waals surface area contributed by atoms with Crippen molar-refractivity contribution in [1.82, 2.24) is 0 Å². The van der Waals surface area contributed by atoms with E-state index in [1.807, 2.05) is 0 Å². The van der Waals surface area contributed by atoms with Crippen molar-refractivity contribution in [2.75, 3.05) is 14.2 Å². The minimum atomic E-state index is -1.42. The standard InChI is InChI=1S/C18H16O6/c1-22-14-8-7-11(16(18(20)21)17(14)23-2)15-9-12(19)10-5-3-4-6-13(10)24-15/h3-8,15H,9H2,1-2H3,(H,20,21)/p-1/t15-/m0/s1. The maximum absolute atomic E-state index is 12.3. The van der Waals surface area contributed by atoms with Crippen molar-refractivity contribution < 1.29 is 28.9 Å². The van der Waals surface area contributed by atoms with Gasteiger partial charge >= 0.3 is 0 Å². The molecular weight excluding hydrogens is 312 g/mol. The number of benzene rings is 2. The molecule has 2 aromatic carbocycles. The first-order valence-corrected chi connectivity index (χ1v) is 7.32. The van der Waals surface area contributed by atoms with Crippen LogP contribution in [0.3, 0.4) is 0 Å². The topological polar surface area (TPSA) is 84.9 Å². The quantitative estimate of drug-likeness (QED) is 0.851. The van der Waals surface area contributed by atoms with E-state index < -0.39 is 12.1 Å². The summed E-state index contributed by atoms with van der Waals surface area (Å²) in [6.45, 7) is 0. The van der Waals surface area contributed by atoms with Crippen molar-refractivity contribution in [3.05, 3.63) is 53.1 Å². The third-order valence-corrected chi connectivity index (χ3v) is 3.96. The molecular formula is C18H15O6-. The van der Waals surface area contributed by atoms with Crippen molar-refractivity contribution in [2.24, 2.45) is 0 Å². The van der Waals surface area contributed by atoms with Gasteiger partial charge in [-0.25, -0.2) is 0 Å². The Morgan fingerprint density at radius 1 is 1.17 bits per heavy atom. The highest BCUT2D eigenvalue weighted by molar-refractivity contribution is 6.00. The van der Waals surface area contributed by atoms with Crippen LogP contribution in [0.15, 0.2) is 36.4 Å². The summed E-state index contributed by atoms with van der Waals surface area (Å²) in [5.41, 5.74) is 0.633. The molecule has 24 heavy (non-hydrogen) atoms. The molecule has 0 bridgehead atoms. The molecule has 6 heteroatoms. The summed E-state index contributed by atoms with van der Waals surface area (Å²) in [6, 6.07) is 10.0. The number of para-hydroxylation sites is 1. The summed E-state index contributed by atoms with van der Waals surface area (Å²) in [4.78, 5) is 24.0. The van der Waals surface area contributed by atoms with Gasteiger partial charge in [-0.3, -0.25) is 4.79 Å². The van der Waals surface area contributed by atoms with E-state index in [1.54, 1.807) is 36.4 Å². The Morgan fingerprint density at radius 3 is 2.58 bits per heavy atom. The summed E-state index contributed by atoms with van der Waals surface area (Å²) in [5, 5.41) is 11.7. The van der Waals surface area contributed by atoms with Gasteiger partial charge in [-0.2, -0.15) is 0 Å². The summed E-state index contributed by atoms with van der Waals surface area (Å²) in [7, 11) is 2.75. The highest BCUT2D eigenvalue weighted by Crippen LogP contribution is 2.40. The van der Waals surface area contributed by atoms with Crippen molar-refractivity contribution in [2.45, 2.75) is 12.5 Å². The van der Waals surface area contributed by atoms with Crippen LogP contribution in [-0.2, 0) is 0 Å². The zero-order valence-electron chi connectivity index (χ0n) is 13.2. The number of rotatable bonds is 4. The molecule has 3 rings (SSSR count). The molecule has 0 radical (unpaired) electrons. The third kappa shape index (κ3) is 2.56. The number of ether oxygens (including phenoxy) is 3. The van der Waals surface area contributed by atoms with Gasteiger partial charge in [0.2, 0.25) is 0 Å².